The highest BCUT2D eigenvalue weighted by Crippen LogP contribution is 2.30. The Morgan fingerprint density at radius 3 is 2.73 bits per heavy atom. The lowest BCUT2D eigenvalue weighted by Gasteiger charge is -2.29. The standard InChI is InChI=1S/C24H27N3O6/c1-16(23(28)25-21-8-4-6-17-5-2-3-7-19(17)21)33-24(29)20-15-18(9-10-22(20)27(30)31)26-11-13-32-14-12-26/h2-3,5,7,9-10,15-16,21H,4,6,8,11-14H2,1H3,(H,25,28)/t16-,21+/m1/s1. The Morgan fingerprint density at radius 1 is 1.21 bits per heavy atom. The second kappa shape index (κ2) is 9.99. The average Bonchev–Trinajstić information content (AvgIpc) is 2.84. The first-order chi connectivity index (χ1) is 15.9. The summed E-state index contributed by atoms with van der Waals surface area (Å²) in [6, 6.07) is 12.2. The molecular weight excluding hydrogens is 426 g/mol. The number of morpholine rings is 1. The van der Waals surface area contributed by atoms with E-state index in [4.69, 9.17) is 9.47 Å². The van der Waals surface area contributed by atoms with Crippen LogP contribution in [0.25, 0.3) is 0 Å². The molecule has 0 unspecified atom stereocenters. The lowest BCUT2D eigenvalue weighted by atomic mass is 9.87. The third-order valence-corrected chi connectivity index (χ3v) is 6.11. The Hall–Kier alpha value is -3.46. The Bertz CT molecular complexity index is 1050. The van der Waals surface area contributed by atoms with Crippen LogP contribution in [-0.2, 0) is 20.7 Å². The first kappa shape index (κ1) is 22.7. The molecule has 174 valence electrons. The average molecular weight is 453 g/mol. The van der Waals surface area contributed by atoms with Gasteiger partial charge in [-0.25, -0.2) is 4.79 Å². The van der Waals surface area contributed by atoms with Gasteiger partial charge in [-0.3, -0.25) is 14.9 Å². The molecule has 2 aliphatic rings. The minimum atomic E-state index is -1.10. The van der Waals surface area contributed by atoms with Crippen molar-refractivity contribution in [3.05, 3.63) is 69.3 Å². The number of hydrogen-bond donors (Lipinski definition) is 1. The zero-order chi connectivity index (χ0) is 23.4. The van der Waals surface area contributed by atoms with E-state index in [1.54, 1.807) is 6.07 Å². The van der Waals surface area contributed by atoms with Gasteiger partial charge in [0.25, 0.3) is 11.6 Å². The van der Waals surface area contributed by atoms with E-state index in [1.165, 1.54) is 24.6 Å². The Balaban J connectivity index is 1.47. The number of anilines is 1. The van der Waals surface area contributed by atoms with Crippen molar-refractivity contribution < 1.29 is 24.0 Å². The maximum atomic E-state index is 12.9. The van der Waals surface area contributed by atoms with Crippen LogP contribution in [0.4, 0.5) is 11.4 Å². The molecule has 1 fully saturated rings. The van der Waals surface area contributed by atoms with Crippen molar-refractivity contribution in [1.82, 2.24) is 5.32 Å². The number of carbonyl (C=O) groups is 2. The topological polar surface area (TPSA) is 111 Å². The molecule has 0 aromatic heterocycles. The third kappa shape index (κ3) is 5.14. The van der Waals surface area contributed by atoms with E-state index in [-0.39, 0.29) is 17.3 Å². The van der Waals surface area contributed by atoms with Crippen molar-refractivity contribution in [2.45, 2.75) is 38.3 Å². The number of benzene rings is 2. The molecule has 0 saturated carbocycles. The largest absolute Gasteiger partial charge is 0.449 e. The number of amides is 1. The first-order valence-electron chi connectivity index (χ1n) is 11.1. The fourth-order valence-electron chi connectivity index (χ4n) is 4.34. The summed E-state index contributed by atoms with van der Waals surface area (Å²) in [5.74, 6) is -1.33. The highest BCUT2D eigenvalue weighted by atomic mass is 16.6. The van der Waals surface area contributed by atoms with Crippen LogP contribution in [0.1, 0.15) is 47.3 Å². The zero-order valence-corrected chi connectivity index (χ0v) is 18.5. The van der Waals surface area contributed by atoms with Gasteiger partial charge in [0.1, 0.15) is 5.56 Å². The van der Waals surface area contributed by atoms with Gasteiger partial charge in [0.15, 0.2) is 6.10 Å². The van der Waals surface area contributed by atoms with Crippen LogP contribution in [0.5, 0.6) is 0 Å². The smallest absolute Gasteiger partial charge is 0.346 e. The van der Waals surface area contributed by atoms with Gasteiger partial charge in [-0.05, 0) is 49.4 Å². The van der Waals surface area contributed by atoms with Crippen molar-refractivity contribution in [2.24, 2.45) is 0 Å². The van der Waals surface area contributed by atoms with E-state index < -0.39 is 22.9 Å². The lowest BCUT2D eigenvalue weighted by Crippen LogP contribution is -2.39. The van der Waals surface area contributed by atoms with Crippen LogP contribution in [0.15, 0.2) is 42.5 Å². The molecule has 1 amide bonds. The number of aryl methyl sites for hydroxylation is 1. The maximum Gasteiger partial charge on any atom is 0.346 e. The van der Waals surface area contributed by atoms with Crippen LogP contribution < -0.4 is 10.2 Å². The van der Waals surface area contributed by atoms with Gasteiger partial charge in [-0.15, -0.1) is 0 Å². The molecule has 2 atom stereocenters. The lowest BCUT2D eigenvalue weighted by molar-refractivity contribution is -0.385. The van der Waals surface area contributed by atoms with Gasteiger partial charge < -0.3 is 19.7 Å². The summed E-state index contributed by atoms with van der Waals surface area (Å²) in [6.07, 6.45) is 1.63. The summed E-state index contributed by atoms with van der Waals surface area (Å²) >= 11 is 0. The van der Waals surface area contributed by atoms with E-state index >= 15 is 0 Å². The van der Waals surface area contributed by atoms with Gasteiger partial charge in [0.05, 0.1) is 24.2 Å². The molecule has 0 bridgehead atoms. The predicted molar refractivity (Wildman–Crippen MR) is 121 cm³/mol. The summed E-state index contributed by atoms with van der Waals surface area (Å²) in [4.78, 5) is 38.5. The number of nitro groups is 1. The summed E-state index contributed by atoms with van der Waals surface area (Å²) < 4.78 is 10.7. The number of ether oxygens (including phenoxy) is 2. The molecule has 0 spiro atoms. The second-order valence-corrected chi connectivity index (χ2v) is 8.26. The predicted octanol–water partition coefficient (Wildman–Crippen LogP) is 3.17. The van der Waals surface area contributed by atoms with Gasteiger partial charge in [-0.1, -0.05) is 24.3 Å². The number of hydrogen-bond acceptors (Lipinski definition) is 7. The maximum absolute atomic E-state index is 12.9. The first-order valence-corrected chi connectivity index (χ1v) is 11.1. The van der Waals surface area contributed by atoms with Crippen LogP contribution in [0.3, 0.4) is 0 Å². The third-order valence-electron chi connectivity index (χ3n) is 6.11. The molecule has 1 N–H and O–H groups in total. The van der Waals surface area contributed by atoms with E-state index in [2.05, 4.69) is 11.4 Å². The molecule has 2 aromatic carbocycles. The molecule has 2 aromatic rings. The van der Waals surface area contributed by atoms with Gasteiger partial charge in [0.2, 0.25) is 0 Å². The molecule has 1 aliphatic carbocycles. The molecule has 0 radical (unpaired) electrons. The molecule has 33 heavy (non-hydrogen) atoms. The fourth-order valence-corrected chi connectivity index (χ4v) is 4.34. The summed E-state index contributed by atoms with van der Waals surface area (Å²) in [5, 5.41) is 14.5. The monoisotopic (exact) mass is 453 g/mol. The minimum absolute atomic E-state index is 0.150. The van der Waals surface area contributed by atoms with E-state index in [9.17, 15) is 19.7 Å². The van der Waals surface area contributed by atoms with Crippen molar-refractivity contribution in [1.29, 1.82) is 0 Å². The summed E-state index contributed by atoms with van der Waals surface area (Å²) in [7, 11) is 0. The number of fused-ring (bicyclic) bond motifs is 1. The van der Waals surface area contributed by atoms with Crippen molar-refractivity contribution in [3.8, 4) is 0 Å². The second-order valence-electron chi connectivity index (χ2n) is 8.26. The molecule has 9 heteroatoms. The summed E-state index contributed by atoms with van der Waals surface area (Å²) in [5.41, 5.74) is 2.42. The van der Waals surface area contributed by atoms with Gasteiger partial charge in [0, 0.05) is 24.8 Å². The van der Waals surface area contributed by atoms with Gasteiger partial charge >= 0.3 is 5.97 Å². The van der Waals surface area contributed by atoms with Crippen LogP contribution >= 0.6 is 0 Å². The van der Waals surface area contributed by atoms with E-state index in [1.807, 2.05) is 23.1 Å². The van der Waals surface area contributed by atoms with E-state index in [0.29, 0.717) is 32.0 Å². The number of rotatable bonds is 6. The highest BCUT2D eigenvalue weighted by molar-refractivity contribution is 5.97. The Labute approximate surface area is 191 Å². The number of esters is 1. The summed E-state index contributed by atoms with van der Waals surface area (Å²) in [6.45, 7) is 3.79. The molecule has 9 nitrogen and oxygen atoms in total. The quantitative estimate of drug-likeness (QED) is 0.406. The van der Waals surface area contributed by atoms with Crippen LogP contribution in [0.2, 0.25) is 0 Å². The molecule has 1 saturated heterocycles. The van der Waals surface area contributed by atoms with Crippen molar-refractivity contribution >= 4 is 23.3 Å². The van der Waals surface area contributed by atoms with Crippen LogP contribution in [0, 0.1) is 10.1 Å². The molecule has 1 heterocycles. The molecule has 1 aliphatic heterocycles. The Morgan fingerprint density at radius 2 is 1.97 bits per heavy atom. The van der Waals surface area contributed by atoms with Crippen molar-refractivity contribution in [2.75, 3.05) is 31.2 Å². The Kier molecular flexibility index (Phi) is 6.88. The zero-order valence-electron chi connectivity index (χ0n) is 18.5. The number of nitrogens with zero attached hydrogens (tertiary/aromatic N) is 2. The molecular formula is C24H27N3O6. The highest BCUT2D eigenvalue weighted by Gasteiger charge is 2.29. The number of nitrogens with one attached hydrogen (secondary N) is 1. The van der Waals surface area contributed by atoms with Gasteiger partial charge in [-0.2, -0.15) is 0 Å². The minimum Gasteiger partial charge on any atom is -0.449 e. The normalized spacial score (nSPS) is 18.7. The van der Waals surface area contributed by atoms with E-state index in [0.717, 1.165) is 24.8 Å². The molecule has 4 rings (SSSR count). The number of carbonyl (C=O) groups excluding carboxylic acids is 2. The number of nitro benzene ring substituents is 1. The SMILES string of the molecule is C[C@@H](OC(=O)c1cc(N2CCOCC2)ccc1[N+](=O)[O-])C(=O)N[C@H]1CCCc2ccccc21. The van der Waals surface area contributed by atoms with Crippen molar-refractivity contribution in [3.63, 3.8) is 0 Å². The fraction of sp³-hybridized carbons (Fsp3) is 0.417. The van der Waals surface area contributed by atoms with Crippen LogP contribution in [-0.4, -0.2) is 49.2 Å².